The highest BCUT2D eigenvalue weighted by molar-refractivity contribution is 6.24. The lowest BCUT2D eigenvalue weighted by Gasteiger charge is -2.50. The molecule has 0 heterocycles. The number of Topliss-reactive ketones (excluding diaryl/α,β-unsaturated/α-hetero) is 2. The number of aliphatic hydroxyl groups excluding tert-OH is 3. The van der Waals surface area contributed by atoms with E-state index in [4.69, 9.17) is 10.5 Å². The van der Waals surface area contributed by atoms with Crippen LogP contribution in [0.15, 0.2) is 40.9 Å². The monoisotopic (exact) mass is 457 g/mol. The number of allylic oxidation sites excluding steroid dienone is 1. The predicted molar refractivity (Wildman–Crippen MR) is 116 cm³/mol. The van der Waals surface area contributed by atoms with Crippen molar-refractivity contribution < 1.29 is 39.5 Å². The van der Waals surface area contributed by atoms with Gasteiger partial charge in [0.2, 0.25) is 5.78 Å². The van der Waals surface area contributed by atoms with Crippen LogP contribution in [0.3, 0.4) is 0 Å². The van der Waals surface area contributed by atoms with Crippen molar-refractivity contribution >= 4 is 17.5 Å². The second-order valence-corrected chi connectivity index (χ2v) is 8.91. The summed E-state index contributed by atoms with van der Waals surface area (Å²) in [5.41, 5.74) is 2.08. The molecule has 0 bridgehead atoms. The molecule has 0 aromatic heterocycles. The predicted octanol–water partition coefficient (Wildman–Crippen LogP) is 1.59. The summed E-state index contributed by atoms with van der Waals surface area (Å²) < 4.78 is 5.80. The lowest BCUT2D eigenvalue weighted by atomic mass is 9.56. The van der Waals surface area contributed by atoms with E-state index in [1.165, 1.54) is 0 Å². The standard InChI is InChI=1S/C24H27NO8/c1-3-4-8-33-14-7-5-6-11-10(2)15-18(20(28)16(11)14)22(30)24(32)12(19(15)27)9-13(26)17(21(24)29)23(25)31/h5-7,10,12,15,19,26-27,30,32H,3-4,8-9H2,1-2H3,(H2,25,31)/t10-,12+,15+,19+,24+/m0/s1. The molecule has 0 saturated carbocycles. The van der Waals surface area contributed by atoms with E-state index in [0.29, 0.717) is 17.9 Å². The number of ether oxygens (including phenoxy) is 1. The van der Waals surface area contributed by atoms with Gasteiger partial charge in [0.15, 0.2) is 11.4 Å². The highest BCUT2D eigenvalue weighted by Gasteiger charge is 2.64. The molecule has 9 heteroatoms. The van der Waals surface area contributed by atoms with E-state index in [-0.39, 0.29) is 11.1 Å². The molecule has 1 aromatic carbocycles. The van der Waals surface area contributed by atoms with Gasteiger partial charge in [-0.25, -0.2) is 0 Å². The minimum absolute atomic E-state index is 0.199. The highest BCUT2D eigenvalue weighted by Crippen LogP contribution is 2.54. The zero-order valence-electron chi connectivity index (χ0n) is 18.4. The van der Waals surface area contributed by atoms with Gasteiger partial charge in [-0.2, -0.15) is 0 Å². The third-order valence-electron chi connectivity index (χ3n) is 7.10. The van der Waals surface area contributed by atoms with E-state index in [1.807, 2.05) is 6.92 Å². The Morgan fingerprint density at radius 1 is 1.27 bits per heavy atom. The molecule has 0 unspecified atom stereocenters. The Balaban J connectivity index is 1.91. The maximum atomic E-state index is 13.6. The van der Waals surface area contributed by atoms with E-state index in [2.05, 4.69) is 0 Å². The number of hydrogen-bond donors (Lipinski definition) is 5. The normalized spacial score (nSPS) is 31.2. The van der Waals surface area contributed by atoms with Crippen LogP contribution in [0.25, 0.3) is 0 Å². The Kier molecular flexibility index (Phi) is 5.58. The first-order valence-corrected chi connectivity index (χ1v) is 11.0. The first-order chi connectivity index (χ1) is 15.6. The Morgan fingerprint density at radius 2 is 1.97 bits per heavy atom. The summed E-state index contributed by atoms with van der Waals surface area (Å²) in [5, 5.41) is 43.9. The quantitative estimate of drug-likeness (QED) is 0.328. The SMILES string of the molecule is CCCCOc1cccc2c1C(=O)C1=C(O)[C@]3(O)C(=O)C(C(N)=O)=C(O)C[C@@H]3[C@@H](O)[C@@H]1[C@H]2C. The van der Waals surface area contributed by atoms with Gasteiger partial charge >= 0.3 is 0 Å². The fourth-order valence-electron chi connectivity index (χ4n) is 5.39. The first kappa shape index (κ1) is 23.0. The van der Waals surface area contributed by atoms with Gasteiger partial charge in [-0.05, 0) is 24.0 Å². The number of carbonyl (C=O) groups excluding carboxylic acids is 3. The molecule has 33 heavy (non-hydrogen) atoms. The molecule has 9 nitrogen and oxygen atoms in total. The second kappa shape index (κ2) is 8.00. The molecule has 1 aromatic rings. The van der Waals surface area contributed by atoms with Gasteiger partial charge in [-0.3, -0.25) is 14.4 Å². The van der Waals surface area contributed by atoms with Gasteiger partial charge in [0.05, 0.1) is 18.3 Å². The molecule has 5 atom stereocenters. The number of carbonyl (C=O) groups is 3. The third kappa shape index (κ3) is 3.10. The topological polar surface area (TPSA) is 167 Å². The van der Waals surface area contributed by atoms with Crippen molar-refractivity contribution in [3.8, 4) is 5.75 Å². The average molecular weight is 457 g/mol. The van der Waals surface area contributed by atoms with Gasteiger partial charge in [0.1, 0.15) is 22.8 Å². The second-order valence-electron chi connectivity index (χ2n) is 8.91. The van der Waals surface area contributed by atoms with Crippen LogP contribution in [0.2, 0.25) is 0 Å². The highest BCUT2D eigenvalue weighted by atomic mass is 16.5. The molecule has 0 saturated heterocycles. The van der Waals surface area contributed by atoms with Gasteiger partial charge in [-0.15, -0.1) is 0 Å². The van der Waals surface area contributed by atoms with Crippen molar-refractivity contribution in [2.45, 2.75) is 50.7 Å². The summed E-state index contributed by atoms with van der Waals surface area (Å²) in [7, 11) is 0. The number of fused-ring (bicyclic) bond motifs is 3. The fourth-order valence-corrected chi connectivity index (χ4v) is 5.39. The molecule has 0 spiro atoms. The maximum Gasteiger partial charge on any atom is 0.255 e. The van der Waals surface area contributed by atoms with E-state index in [9.17, 15) is 34.8 Å². The Morgan fingerprint density at radius 3 is 2.61 bits per heavy atom. The van der Waals surface area contributed by atoms with Crippen LogP contribution in [0, 0.1) is 11.8 Å². The Hall–Kier alpha value is -3.17. The summed E-state index contributed by atoms with van der Waals surface area (Å²) in [4.78, 5) is 38.4. The van der Waals surface area contributed by atoms with E-state index < -0.39 is 70.4 Å². The fraction of sp³-hybridized carbons (Fsp3) is 0.458. The van der Waals surface area contributed by atoms with Crippen LogP contribution in [0.1, 0.15) is 54.9 Å². The van der Waals surface area contributed by atoms with E-state index in [1.54, 1.807) is 25.1 Å². The van der Waals surface area contributed by atoms with Crippen molar-refractivity contribution in [1.29, 1.82) is 0 Å². The minimum Gasteiger partial charge on any atom is -0.511 e. The average Bonchev–Trinajstić information content (AvgIpc) is 2.76. The molecule has 3 aliphatic rings. The number of nitrogens with two attached hydrogens (primary N) is 1. The Bertz CT molecular complexity index is 1120. The summed E-state index contributed by atoms with van der Waals surface area (Å²) >= 11 is 0. The maximum absolute atomic E-state index is 13.6. The molecule has 0 aliphatic heterocycles. The molecule has 3 aliphatic carbocycles. The van der Waals surface area contributed by atoms with E-state index in [0.717, 1.165) is 12.8 Å². The molecular weight excluding hydrogens is 430 g/mol. The first-order valence-electron chi connectivity index (χ1n) is 11.0. The summed E-state index contributed by atoms with van der Waals surface area (Å²) in [5.74, 6) is -7.38. The van der Waals surface area contributed by atoms with Gasteiger partial charge in [0, 0.05) is 23.8 Å². The summed E-state index contributed by atoms with van der Waals surface area (Å²) in [6.45, 7) is 4.14. The van der Waals surface area contributed by atoms with Crippen LogP contribution in [0.5, 0.6) is 5.75 Å². The van der Waals surface area contributed by atoms with Crippen LogP contribution in [-0.2, 0) is 9.59 Å². The zero-order chi connectivity index (χ0) is 24.2. The molecule has 6 N–H and O–H groups in total. The molecule has 1 amide bonds. The zero-order valence-corrected chi connectivity index (χ0v) is 18.4. The smallest absolute Gasteiger partial charge is 0.255 e. The van der Waals surface area contributed by atoms with Crippen LogP contribution in [-0.4, -0.2) is 56.2 Å². The number of primary amides is 1. The van der Waals surface area contributed by atoms with E-state index >= 15 is 0 Å². The lowest BCUT2D eigenvalue weighted by molar-refractivity contribution is -0.154. The largest absolute Gasteiger partial charge is 0.511 e. The van der Waals surface area contributed by atoms with Crippen LogP contribution < -0.4 is 10.5 Å². The summed E-state index contributed by atoms with van der Waals surface area (Å²) in [6, 6.07) is 5.11. The number of hydrogen-bond acceptors (Lipinski definition) is 8. The van der Waals surface area contributed by atoms with Gasteiger partial charge in [0.25, 0.3) is 5.91 Å². The molecular formula is C24H27NO8. The number of ketones is 2. The number of benzene rings is 1. The third-order valence-corrected chi connectivity index (χ3v) is 7.10. The van der Waals surface area contributed by atoms with Crippen molar-refractivity contribution in [2.75, 3.05) is 6.61 Å². The molecule has 0 fully saturated rings. The Labute approximate surface area is 190 Å². The van der Waals surface area contributed by atoms with Crippen molar-refractivity contribution in [1.82, 2.24) is 0 Å². The number of unbranched alkanes of at least 4 members (excludes halogenated alkanes) is 1. The van der Waals surface area contributed by atoms with Crippen molar-refractivity contribution in [2.24, 2.45) is 17.6 Å². The number of aliphatic hydroxyl groups is 4. The lowest BCUT2D eigenvalue weighted by Crippen LogP contribution is -2.62. The van der Waals surface area contributed by atoms with Crippen molar-refractivity contribution in [3.05, 3.63) is 52.0 Å². The number of amides is 1. The molecule has 176 valence electrons. The van der Waals surface area contributed by atoms with Crippen molar-refractivity contribution in [3.63, 3.8) is 0 Å². The van der Waals surface area contributed by atoms with Gasteiger partial charge in [-0.1, -0.05) is 32.4 Å². The van der Waals surface area contributed by atoms with Crippen LogP contribution >= 0.6 is 0 Å². The molecule has 4 rings (SSSR count). The van der Waals surface area contributed by atoms with Crippen LogP contribution in [0.4, 0.5) is 0 Å². The molecule has 0 radical (unpaired) electrons. The summed E-state index contributed by atoms with van der Waals surface area (Å²) in [6.07, 6.45) is -0.287. The number of rotatable bonds is 5. The van der Waals surface area contributed by atoms with Gasteiger partial charge < -0.3 is 30.9 Å². The minimum atomic E-state index is -2.77.